The standard InChI is InChI=1S/C14H25NO3/c1-10(2)12(16)11-7-6-8-15(9-11)13(17)18-14(3,4)5/h10-11H,6-9H2,1-5H3. The number of carbonyl (C=O) groups excluding carboxylic acids is 2. The van der Waals surface area contributed by atoms with Gasteiger partial charge in [0.2, 0.25) is 0 Å². The third-order valence-corrected chi connectivity index (χ3v) is 3.04. The lowest BCUT2D eigenvalue weighted by atomic mass is 9.88. The van der Waals surface area contributed by atoms with Gasteiger partial charge < -0.3 is 9.64 Å². The number of nitrogens with zero attached hydrogens (tertiary/aromatic N) is 1. The molecule has 1 rings (SSSR count). The molecule has 0 radical (unpaired) electrons. The van der Waals surface area contributed by atoms with Crippen LogP contribution in [0.1, 0.15) is 47.5 Å². The first-order chi connectivity index (χ1) is 8.20. The highest BCUT2D eigenvalue weighted by molar-refractivity contribution is 5.83. The first-order valence-electron chi connectivity index (χ1n) is 6.72. The summed E-state index contributed by atoms with van der Waals surface area (Å²) in [6.07, 6.45) is 1.46. The maximum atomic E-state index is 12.0. The normalized spacial score (nSPS) is 21.0. The van der Waals surface area contributed by atoms with Gasteiger partial charge in [-0.1, -0.05) is 13.8 Å². The highest BCUT2D eigenvalue weighted by Gasteiger charge is 2.31. The summed E-state index contributed by atoms with van der Waals surface area (Å²) in [5, 5.41) is 0. The Labute approximate surface area is 110 Å². The van der Waals surface area contributed by atoms with Gasteiger partial charge in [-0.2, -0.15) is 0 Å². The summed E-state index contributed by atoms with van der Waals surface area (Å²) >= 11 is 0. The summed E-state index contributed by atoms with van der Waals surface area (Å²) in [6, 6.07) is 0. The molecule has 0 aromatic carbocycles. The molecule has 18 heavy (non-hydrogen) atoms. The maximum absolute atomic E-state index is 12.0. The second-order valence-electron chi connectivity index (χ2n) is 6.32. The fourth-order valence-electron chi connectivity index (χ4n) is 2.17. The molecule has 0 N–H and O–H groups in total. The van der Waals surface area contributed by atoms with Crippen LogP contribution in [-0.2, 0) is 9.53 Å². The molecule has 1 aliphatic rings. The SMILES string of the molecule is CC(C)C(=O)C1CCCN(C(=O)OC(C)(C)C)C1. The number of ether oxygens (including phenoxy) is 1. The van der Waals surface area contributed by atoms with Gasteiger partial charge in [0.1, 0.15) is 11.4 Å². The Morgan fingerprint density at radius 2 is 1.89 bits per heavy atom. The Kier molecular flexibility index (Phi) is 4.77. The van der Waals surface area contributed by atoms with Crippen LogP contribution in [0.2, 0.25) is 0 Å². The molecule has 1 atom stereocenters. The van der Waals surface area contributed by atoms with Crippen LogP contribution < -0.4 is 0 Å². The van der Waals surface area contributed by atoms with Gasteiger partial charge in [-0.25, -0.2) is 4.79 Å². The van der Waals surface area contributed by atoms with Crippen LogP contribution in [0.3, 0.4) is 0 Å². The maximum Gasteiger partial charge on any atom is 0.410 e. The van der Waals surface area contributed by atoms with E-state index in [1.807, 2.05) is 34.6 Å². The van der Waals surface area contributed by atoms with E-state index in [0.717, 1.165) is 12.8 Å². The highest BCUT2D eigenvalue weighted by Crippen LogP contribution is 2.22. The van der Waals surface area contributed by atoms with E-state index in [0.29, 0.717) is 13.1 Å². The fraction of sp³-hybridized carbons (Fsp3) is 0.857. The molecule has 1 fully saturated rings. The third kappa shape index (κ3) is 4.31. The predicted molar refractivity (Wildman–Crippen MR) is 70.4 cm³/mol. The molecule has 4 nitrogen and oxygen atoms in total. The molecule has 1 unspecified atom stereocenters. The number of likely N-dealkylation sites (tertiary alicyclic amines) is 1. The summed E-state index contributed by atoms with van der Waals surface area (Å²) in [7, 11) is 0. The molecule has 1 aliphatic heterocycles. The minimum Gasteiger partial charge on any atom is -0.444 e. The van der Waals surface area contributed by atoms with Crippen molar-refractivity contribution in [1.82, 2.24) is 4.90 Å². The van der Waals surface area contributed by atoms with E-state index in [4.69, 9.17) is 4.74 Å². The molecule has 1 saturated heterocycles. The Morgan fingerprint density at radius 3 is 2.39 bits per heavy atom. The van der Waals surface area contributed by atoms with Crippen LogP contribution in [0.5, 0.6) is 0 Å². The van der Waals surface area contributed by atoms with Gasteiger partial charge in [0.15, 0.2) is 0 Å². The zero-order valence-corrected chi connectivity index (χ0v) is 12.2. The average Bonchev–Trinajstić information content (AvgIpc) is 2.25. The van der Waals surface area contributed by atoms with Crippen LogP contribution in [0, 0.1) is 11.8 Å². The second-order valence-corrected chi connectivity index (χ2v) is 6.32. The lowest BCUT2D eigenvalue weighted by molar-refractivity contribution is -0.127. The topological polar surface area (TPSA) is 46.6 Å². The quantitative estimate of drug-likeness (QED) is 0.762. The third-order valence-electron chi connectivity index (χ3n) is 3.04. The molecule has 0 aromatic heterocycles. The largest absolute Gasteiger partial charge is 0.444 e. The molecular formula is C14H25NO3. The van der Waals surface area contributed by atoms with Crippen molar-refractivity contribution in [3.63, 3.8) is 0 Å². The number of Topliss-reactive ketones (excluding diaryl/α,β-unsaturated/α-hetero) is 1. The molecule has 0 spiro atoms. The Hall–Kier alpha value is -1.06. The van der Waals surface area contributed by atoms with Crippen molar-refractivity contribution in [1.29, 1.82) is 0 Å². The predicted octanol–water partition coefficient (Wildman–Crippen LogP) is 2.86. The average molecular weight is 255 g/mol. The minimum absolute atomic E-state index is 0.0220. The highest BCUT2D eigenvalue weighted by atomic mass is 16.6. The molecule has 104 valence electrons. The number of hydrogen-bond donors (Lipinski definition) is 0. The van der Waals surface area contributed by atoms with E-state index in [2.05, 4.69) is 0 Å². The molecule has 0 aromatic rings. The molecular weight excluding hydrogens is 230 g/mol. The van der Waals surface area contributed by atoms with Crippen molar-refractivity contribution in [2.75, 3.05) is 13.1 Å². The lowest BCUT2D eigenvalue weighted by Gasteiger charge is -2.34. The number of ketones is 1. The summed E-state index contributed by atoms with van der Waals surface area (Å²) in [5.74, 6) is 0.267. The van der Waals surface area contributed by atoms with Crippen LogP contribution in [0.4, 0.5) is 4.79 Å². The number of hydrogen-bond acceptors (Lipinski definition) is 3. The summed E-state index contributed by atoms with van der Waals surface area (Å²) in [4.78, 5) is 25.6. The molecule has 1 amide bonds. The van der Waals surface area contributed by atoms with Crippen molar-refractivity contribution in [3.8, 4) is 0 Å². The smallest absolute Gasteiger partial charge is 0.410 e. The van der Waals surface area contributed by atoms with Gasteiger partial charge in [-0.15, -0.1) is 0 Å². The van der Waals surface area contributed by atoms with Gasteiger partial charge in [0.25, 0.3) is 0 Å². The summed E-state index contributed by atoms with van der Waals surface area (Å²) in [5.41, 5.74) is -0.480. The molecule has 0 saturated carbocycles. The van der Waals surface area contributed by atoms with Gasteiger partial charge in [-0.05, 0) is 33.6 Å². The van der Waals surface area contributed by atoms with Crippen molar-refractivity contribution >= 4 is 11.9 Å². The Bertz CT molecular complexity index is 317. The van der Waals surface area contributed by atoms with Crippen LogP contribution in [0.15, 0.2) is 0 Å². The zero-order chi connectivity index (χ0) is 13.9. The number of rotatable bonds is 2. The first-order valence-corrected chi connectivity index (χ1v) is 6.72. The van der Waals surface area contributed by atoms with Crippen molar-refractivity contribution in [3.05, 3.63) is 0 Å². The Morgan fingerprint density at radius 1 is 1.28 bits per heavy atom. The molecule has 1 heterocycles. The van der Waals surface area contributed by atoms with Crippen LogP contribution >= 0.6 is 0 Å². The van der Waals surface area contributed by atoms with Crippen LogP contribution in [-0.4, -0.2) is 35.5 Å². The number of piperidine rings is 1. The van der Waals surface area contributed by atoms with E-state index < -0.39 is 5.60 Å². The summed E-state index contributed by atoms with van der Waals surface area (Å²) in [6.45, 7) is 10.6. The Balaban J connectivity index is 2.59. The minimum atomic E-state index is -0.480. The van der Waals surface area contributed by atoms with Gasteiger partial charge >= 0.3 is 6.09 Å². The monoisotopic (exact) mass is 255 g/mol. The summed E-state index contributed by atoms with van der Waals surface area (Å²) < 4.78 is 5.34. The molecule has 0 aliphatic carbocycles. The van der Waals surface area contributed by atoms with Crippen molar-refractivity contribution in [2.45, 2.75) is 53.1 Å². The molecule has 4 heteroatoms. The fourth-order valence-corrected chi connectivity index (χ4v) is 2.17. The van der Waals surface area contributed by atoms with E-state index in [1.165, 1.54) is 0 Å². The van der Waals surface area contributed by atoms with Crippen molar-refractivity contribution < 1.29 is 14.3 Å². The van der Waals surface area contributed by atoms with Crippen LogP contribution in [0.25, 0.3) is 0 Å². The lowest BCUT2D eigenvalue weighted by Crippen LogP contribution is -2.45. The van der Waals surface area contributed by atoms with E-state index >= 15 is 0 Å². The number of carbonyl (C=O) groups is 2. The van der Waals surface area contributed by atoms with Gasteiger partial charge in [-0.3, -0.25) is 4.79 Å². The van der Waals surface area contributed by atoms with E-state index in [9.17, 15) is 9.59 Å². The second kappa shape index (κ2) is 5.72. The zero-order valence-electron chi connectivity index (χ0n) is 12.2. The van der Waals surface area contributed by atoms with Crippen molar-refractivity contribution in [2.24, 2.45) is 11.8 Å². The molecule has 0 bridgehead atoms. The van der Waals surface area contributed by atoms with Gasteiger partial charge in [0.05, 0.1) is 0 Å². The van der Waals surface area contributed by atoms with E-state index in [-0.39, 0.29) is 23.7 Å². The van der Waals surface area contributed by atoms with E-state index in [1.54, 1.807) is 4.90 Å². The first kappa shape index (κ1) is 15.0. The number of amides is 1. The van der Waals surface area contributed by atoms with Gasteiger partial charge in [0, 0.05) is 24.9 Å².